The first-order chi connectivity index (χ1) is 24.9. The third-order valence-electron chi connectivity index (χ3n) is 10.8. The van der Waals surface area contributed by atoms with Gasteiger partial charge in [-0.3, -0.25) is 0 Å². The maximum atomic E-state index is 2.50. The van der Waals surface area contributed by atoms with Crippen LogP contribution in [0.4, 0.5) is 34.1 Å². The van der Waals surface area contributed by atoms with Gasteiger partial charge in [-0.15, -0.1) is 0 Å². The smallest absolute Gasteiger partial charge is 0.0470 e. The summed E-state index contributed by atoms with van der Waals surface area (Å²) in [5.41, 5.74) is 14.8. The summed E-state index contributed by atoms with van der Waals surface area (Å²) in [7, 11) is 0. The highest BCUT2D eigenvalue weighted by Gasteiger charge is 2.37. The maximum absolute atomic E-state index is 2.50. The molecule has 0 unspecified atom stereocenters. The largest absolute Gasteiger partial charge is 0.310 e. The van der Waals surface area contributed by atoms with Gasteiger partial charge in [0.05, 0.1) is 0 Å². The molecule has 0 amide bonds. The molecule has 0 atom stereocenters. The summed E-state index contributed by atoms with van der Waals surface area (Å²) >= 11 is 0. The van der Waals surface area contributed by atoms with Gasteiger partial charge in [-0.2, -0.15) is 0 Å². The number of rotatable bonds is 6. The van der Waals surface area contributed by atoms with Crippen LogP contribution in [0.1, 0.15) is 36.1 Å². The highest BCUT2D eigenvalue weighted by molar-refractivity contribution is 6.12. The third kappa shape index (κ3) is 5.10. The molecular formula is C49H40N2. The van der Waals surface area contributed by atoms with Gasteiger partial charge in [0.25, 0.3) is 0 Å². The normalized spacial score (nSPS) is 12.9. The van der Waals surface area contributed by atoms with E-state index in [0.717, 1.165) is 28.4 Å². The van der Waals surface area contributed by atoms with Crippen LogP contribution >= 0.6 is 0 Å². The predicted molar refractivity (Wildman–Crippen MR) is 218 cm³/mol. The molecule has 51 heavy (non-hydrogen) atoms. The first-order valence-electron chi connectivity index (χ1n) is 17.9. The van der Waals surface area contributed by atoms with Crippen molar-refractivity contribution in [3.8, 4) is 11.1 Å². The van der Waals surface area contributed by atoms with E-state index in [-0.39, 0.29) is 5.41 Å². The summed E-state index contributed by atoms with van der Waals surface area (Å²) in [5, 5.41) is 5.17. The second-order valence-corrected chi connectivity index (χ2v) is 14.4. The molecule has 246 valence electrons. The number of aryl methyl sites for hydroxylation is 2. The van der Waals surface area contributed by atoms with Crippen LogP contribution in [0.15, 0.2) is 170 Å². The summed E-state index contributed by atoms with van der Waals surface area (Å²) in [6, 6.07) is 61.8. The SMILES string of the molecule is Cc1cc(N(c2ccccc2)c2ccccc2)cc2c1-c1cc3ccc4cc(N(c5ccccc5)c5ccccc5)cc(C)c4c3cc1C2(C)C. The Morgan fingerprint density at radius 3 is 1.35 bits per heavy atom. The number of para-hydroxylation sites is 4. The van der Waals surface area contributed by atoms with Gasteiger partial charge >= 0.3 is 0 Å². The van der Waals surface area contributed by atoms with E-state index in [2.05, 4.69) is 207 Å². The number of nitrogens with zero attached hydrogens (tertiary/aromatic N) is 2. The summed E-state index contributed by atoms with van der Waals surface area (Å²) in [4.78, 5) is 4.74. The lowest BCUT2D eigenvalue weighted by atomic mass is 9.81. The van der Waals surface area contributed by atoms with Crippen molar-refractivity contribution in [1.82, 2.24) is 0 Å². The summed E-state index contributed by atoms with van der Waals surface area (Å²) < 4.78 is 0. The molecule has 0 aliphatic heterocycles. The molecule has 0 fully saturated rings. The molecule has 0 saturated heterocycles. The van der Waals surface area contributed by atoms with Crippen molar-refractivity contribution in [3.63, 3.8) is 0 Å². The van der Waals surface area contributed by atoms with Crippen LogP contribution in [-0.4, -0.2) is 0 Å². The van der Waals surface area contributed by atoms with E-state index in [1.165, 1.54) is 60.6 Å². The molecule has 2 heteroatoms. The zero-order valence-corrected chi connectivity index (χ0v) is 29.6. The van der Waals surface area contributed by atoms with Crippen LogP contribution in [0, 0.1) is 13.8 Å². The Labute approximate surface area is 300 Å². The van der Waals surface area contributed by atoms with Crippen molar-refractivity contribution in [2.75, 3.05) is 9.80 Å². The lowest BCUT2D eigenvalue weighted by Crippen LogP contribution is -2.17. The fourth-order valence-corrected chi connectivity index (χ4v) is 8.39. The molecule has 0 saturated carbocycles. The number of benzene rings is 8. The molecule has 8 aromatic rings. The Bertz CT molecular complexity index is 2480. The van der Waals surface area contributed by atoms with E-state index in [9.17, 15) is 0 Å². The minimum absolute atomic E-state index is 0.175. The second kappa shape index (κ2) is 12.0. The molecule has 0 spiro atoms. The fraction of sp³-hybridized carbons (Fsp3) is 0.102. The number of fused-ring (bicyclic) bond motifs is 6. The predicted octanol–water partition coefficient (Wildman–Crippen LogP) is 13.9. The van der Waals surface area contributed by atoms with Crippen LogP contribution in [0.5, 0.6) is 0 Å². The Balaban J connectivity index is 1.20. The van der Waals surface area contributed by atoms with E-state index in [0.29, 0.717) is 0 Å². The quantitative estimate of drug-likeness (QED) is 0.164. The van der Waals surface area contributed by atoms with Gasteiger partial charge in [-0.05, 0) is 154 Å². The van der Waals surface area contributed by atoms with Crippen LogP contribution in [0.2, 0.25) is 0 Å². The van der Waals surface area contributed by atoms with E-state index >= 15 is 0 Å². The Morgan fingerprint density at radius 2 is 0.843 bits per heavy atom. The number of anilines is 6. The van der Waals surface area contributed by atoms with Crippen molar-refractivity contribution < 1.29 is 0 Å². The van der Waals surface area contributed by atoms with E-state index < -0.39 is 0 Å². The minimum Gasteiger partial charge on any atom is -0.310 e. The van der Waals surface area contributed by atoms with Crippen molar-refractivity contribution >= 4 is 55.7 Å². The van der Waals surface area contributed by atoms with Gasteiger partial charge in [-0.1, -0.05) is 98.8 Å². The summed E-state index contributed by atoms with van der Waals surface area (Å²) in [6.45, 7) is 9.35. The standard InChI is InChI=1S/C49H40N2/c1-33-27-41(50(37-17-9-5-10-18-37)38-19-11-6-12-20-38)29-36-26-25-35-30-44-45(32-43(35)47(33)36)49(3,4)46-31-42(28-34(2)48(44)46)51(39-21-13-7-14-22-39)40-23-15-8-16-24-40/h5-32H,1-4H3. The zero-order chi connectivity index (χ0) is 34.7. The van der Waals surface area contributed by atoms with Crippen molar-refractivity contribution in [2.24, 2.45) is 0 Å². The lowest BCUT2D eigenvalue weighted by Gasteiger charge is -2.28. The van der Waals surface area contributed by atoms with Gasteiger partial charge in [0, 0.05) is 39.5 Å². The monoisotopic (exact) mass is 656 g/mol. The molecular weight excluding hydrogens is 617 g/mol. The van der Waals surface area contributed by atoms with E-state index in [1.807, 2.05) is 0 Å². The average molecular weight is 657 g/mol. The highest BCUT2D eigenvalue weighted by Crippen LogP contribution is 2.54. The van der Waals surface area contributed by atoms with Crippen LogP contribution < -0.4 is 9.80 Å². The molecule has 0 bridgehead atoms. The Morgan fingerprint density at radius 1 is 0.392 bits per heavy atom. The van der Waals surface area contributed by atoms with Crippen LogP contribution in [0.25, 0.3) is 32.7 Å². The van der Waals surface area contributed by atoms with Gasteiger partial charge in [-0.25, -0.2) is 0 Å². The molecule has 0 aromatic heterocycles. The molecule has 8 aromatic carbocycles. The number of hydrogen-bond donors (Lipinski definition) is 0. The molecule has 0 N–H and O–H groups in total. The molecule has 9 rings (SSSR count). The minimum atomic E-state index is -0.175. The van der Waals surface area contributed by atoms with Crippen molar-refractivity contribution in [3.05, 3.63) is 192 Å². The average Bonchev–Trinajstić information content (AvgIpc) is 3.38. The molecule has 1 aliphatic rings. The second-order valence-electron chi connectivity index (χ2n) is 14.4. The highest BCUT2D eigenvalue weighted by atomic mass is 15.1. The van der Waals surface area contributed by atoms with Crippen LogP contribution in [-0.2, 0) is 5.41 Å². The van der Waals surface area contributed by atoms with E-state index in [4.69, 9.17) is 0 Å². The molecule has 0 heterocycles. The van der Waals surface area contributed by atoms with Crippen LogP contribution in [0.3, 0.4) is 0 Å². The Hall–Kier alpha value is -6.12. The number of hydrogen-bond acceptors (Lipinski definition) is 2. The van der Waals surface area contributed by atoms with Gasteiger partial charge < -0.3 is 9.80 Å². The summed E-state index contributed by atoms with van der Waals surface area (Å²) in [5.74, 6) is 0. The Kier molecular flexibility index (Phi) is 7.29. The molecule has 1 aliphatic carbocycles. The van der Waals surface area contributed by atoms with Crippen molar-refractivity contribution in [1.29, 1.82) is 0 Å². The zero-order valence-electron chi connectivity index (χ0n) is 29.6. The molecule has 0 radical (unpaired) electrons. The summed E-state index contributed by atoms with van der Waals surface area (Å²) in [6.07, 6.45) is 0. The topological polar surface area (TPSA) is 6.48 Å². The first kappa shape index (κ1) is 30.9. The first-order valence-corrected chi connectivity index (χ1v) is 17.9. The lowest BCUT2D eigenvalue weighted by molar-refractivity contribution is 0.661. The maximum Gasteiger partial charge on any atom is 0.0470 e. The van der Waals surface area contributed by atoms with Gasteiger partial charge in [0.15, 0.2) is 0 Å². The third-order valence-corrected chi connectivity index (χ3v) is 10.8. The molecule has 2 nitrogen and oxygen atoms in total. The van der Waals surface area contributed by atoms with Gasteiger partial charge in [0.1, 0.15) is 0 Å². The fourth-order valence-electron chi connectivity index (χ4n) is 8.39. The van der Waals surface area contributed by atoms with E-state index in [1.54, 1.807) is 0 Å². The van der Waals surface area contributed by atoms with Gasteiger partial charge in [0.2, 0.25) is 0 Å². The van der Waals surface area contributed by atoms with Crippen molar-refractivity contribution in [2.45, 2.75) is 33.1 Å².